The number of amides is 1. The lowest BCUT2D eigenvalue weighted by Gasteiger charge is -2.21. The van der Waals surface area contributed by atoms with Crippen molar-refractivity contribution in [2.75, 3.05) is 11.9 Å². The molecule has 0 atom stereocenters. The number of anilines is 1. The van der Waals surface area contributed by atoms with E-state index in [4.69, 9.17) is 0 Å². The maximum atomic E-state index is 12.7. The summed E-state index contributed by atoms with van der Waals surface area (Å²) in [6, 6.07) is 30.2. The van der Waals surface area contributed by atoms with Crippen molar-refractivity contribution in [3.8, 4) is 10.6 Å². The van der Waals surface area contributed by atoms with Crippen molar-refractivity contribution in [3.63, 3.8) is 0 Å². The molecule has 1 amide bonds. The Kier molecular flexibility index (Phi) is 6.59. The molecule has 30 heavy (non-hydrogen) atoms. The molecule has 0 aliphatic carbocycles. The van der Waals surface area contributed by atoms with Gasteiger partial charge in [-0.15, -0.1) is 10.2 Å². The van der Waals surface area contributed by atoms with E-state index < -0.39 is 0 Å². The molecule has 3 aromatic carbocycles. The molecule has 6 heteroatoms. The monoisotopic (exact) mass is 414 g/mol. The zero-order chi connectivity index (χ0) is 20.6. The molecule has 0 bridgehead atoms. The highest BCUT2D eigenvalue weighted by Gasteiger charge is 2.15. The first-order chi connectivity index (χ1) is 14.8. The standard InChI is InChI=1S/C24H22N4OS/c29-22(25-24-27-26-23(30-24)21-14-8-3-9-15-21)18-28(16-19-10-4-1-5-11-19)17-20-12-6-2-7-13-20/h1-15H,16-18H2,(H,25,27,29). The Bertz CT molecular complexity index is 1030. The van der Waals surface area contributed by atoms with E-state index in [1.807, 2.05) is 66.7 Å². The number of aromatic nitrogens is 2. The van der Waals surface area contributed by atoms with Gasteiger partial charge in [0, 0.05) is 18.7 Å². The van der Waals surface area contributed by atoms with Crippen LogP contribution in [0.2, 0.25) is 0 Å². The number of carbonyl (C=O) groups is 1. The second-order valence-corrected chi connectivity index (χ2v) is 7.92. The molecule has 4 aromatic rings. The first kappa shape index (κ1) is 19.9. The van der Waals surface area contributed by atoms with E-state index in [1.165, 1.54) is 22.5 Å². The molecule has 0 saturated heterocycles. The molecule has 1 aromatic heterocycles. The van der Waals surface area contributed by atoms with Crippen LogP contribution in [0.15, 0.2) is 91.0 Å². The molecule has 150 valence electrons. The van der Waals surface area contributed by atoms with Gasteiger partial charge < -0.3 is 0 Å². The summed E-state index contributed by atoms with van der Waals surface area (Å²) in [6.45, 7) is 1.65. The van der Waals surface area contributed by atoms with E-state index in [9.17, 15) is 4.79 Å². The van der Waals surface area contributed by atoms with Gasteiger partial charge in [0.15, 0.2) is 0 Å². The average Bonchev–Trinajstić information content (AvgIpc) is 3.24. The summed E-state index contributed by atoms with van der Waals surface area (Å²) >= 11 is 1.38. The van der Waals surface area contributed by atoms with E-state index in [2.05, 4.69) is 44.7 Å². The summed E-state index contributed by atoms with van der Waals surface area (Å²) < 4.78 is 0. The molecule has 4 rings (SSSR count). The lowest BCUT2D eigenvalue weighted by atomic mass is 10.1. The predicted molar refractivity (Wildman–Crippen MR) is 121 cm³/mol. The summed E-state index contributed by atoms with van der Waals surface area (Å²) in [6.07, 6.45) is 0. The van der Waals surface area contributed by atoms with Crippen LogP contribution in [0.4, 0.5) is 5.13 Å². The number of hydrogen-bond acceptors (Lipinski definition) is 5. The van der Waals surface area contributed by atoms with Crippen LogP contribution in [0.3, 0.4) is 0 Å². The van der Waals surface area contributed by atoms with Crippen LogP contribution in [-0.4, -0.2) is 27.5 Å². The first-order valence-electron chi connectivity index (χ1n) is 9.75. The third-order valence-corrected chi connectivity index (χ3v) is 5.45. The Morgan fingerprint density at radius 2 is 1.30 bits per heavy atom. The minimum absolute atomic E-state index is 0.0994. The molecule has 1 heterocycles. The van der Waals surface area contributed by atoms with Gasteiger partial charge in [0.05, 0.1) is 6.54 Å². The molecular formula is C24H22N4OS. The molecular weight excluding hydrogens is 392 g/mol. The highest BCUT2D eigenvalue weighted by atomic mass is 32.1. The van der Waals surface area contributed by atoms with E-state index in [1.54, 1.807) is 0 Å². The lowest BCUT2D eigenvalue weighted by molar-refractivity contribution is -0.117. The van der Waals surface area contributed by atoms with Crippen molar-refractivity contribution in [3.05, 3.63) is 102 Å². The van der Waals surface area contributed by atoms with Crippen LogP contribution in [0.1, 0.15) is 11.1 Å². The van der Waals surface area contributed by atoms with Crippen LogP contribution in [0.5, 0.6) is 0 Å². The highest BCUT2D eigenvalue weighted by molar-refractivity contribution is 7.18. The summed E-state index contributed by atoms with van der Waals surface area (Å²) in [5.41, 5.74) is 3.33. The molecule has 0 radical (unpaired) electrons. The van der Waals surface area contributed by atoms with Crippen molar-refractivity contribution in [1.82, 2.24) is 15.1 Å². The molecule has 0 aliphatic heterocycles. The van der Waals surface area contributed by atoms with Crippen LogP contribution in [0.25, 0.3) is 10.6 Å². The Labute approximate surface area is 180 Å². The molecule has 0 aliphatic rings. The van der Waals surface area contributed by atoms with Crippen LogP contribution >= 0.6 is 11.3 Å². The van der Waals surface area contributed by atoms with Crippen molar-refractivity contribution in [1.29, 1.82) is 0 Å². The fraction of sp³-hybridized carbons (Fsp3) is 0.125. The smallest absolute Gasteiger partial charge is 0.240 e. The Hall–Kier alpha value is -3.35. The maximum absolute atomic E-state index is 12.7. The number of nitrogens with one attached hydrogen (secondary N) is 1. The van der Waals surface area contributed by atoms with Gasteiger partial charge in [-0.05, 0) is 11.1 Å². The minimum Gasteiger partial charge on any atom is -0.299 e. The second-order valence-electron chi connectivity index (χ2n) is 6.94. The van der Waals surface area contributed by atoms with Gasteiger partial charge in [0.1, 0.15) is 5.01 Å². The first-order valence-corrected chi connectivity index (χ1v) is 10.6. The third kappa shape index (κ3) is 5.59. The van der Waals surface area contributed by atoms with E-state index in [-0.39, 0.29) is 12.5 Å². The Morgan fingerprint density at radius 3 is 1.87 bits per heavy atom. The normalized spacial score (nSPS) is 10.8. The van der Waals surface area contributed by atoms with Gasteiger partial charge in [-0.2, -0.15) is 0 Å². The number of carbonyl (C=O) groups excluding carboxylic acids is 1. The zero-order valence-corrected chi connectivity index (χ0v) is 17.3. The van der Waals surface area contributed by atoms with Crippen molar-refractivity contribution >= 4 is 22.4 Å². The predicted octanol–water partition coefficient (Wildman–Crippen LogP) is 4.85. The van der Waals surface area contributed by atoms with Gasteiger partial charge in [-0.3, -0.25) is 15.0 Å². The molecule has 0 spiro atoms. The van der Waals surface area contributed by atoms with Gasteiger partial charge in [-0.1, -0.05) is 102 Å². The quantitative estimate of drug-likeness (QED) is 0.448. The van der Waals surface area contributed by atoms with E-state index >= 15 is 0 Å². The number of hydrogen-bond donors (Lipinski definition) is 1. The largest absolute Gasteiger partial charge is 0.299 e. The summed E-state index contributed by atoms with van der Waals surface area (Å²) in [5, 5.41) is 12.5. The summed E-state index contributed by atoms with van der Waals surface area (Å²) in [5.74, 6) is -0.0994. The van der Waals surface area contributed by atoms with E-state index in [0.717, 1.165) is 10.6 Å². The van der Waals surface area contributed by atoms with Crippen LogP contribution in [-0.2, 0) is 17.9 Å². The van der Waals surface area contributed by atoms with Gasteiger partial charge in [-0.25, -0.2) is 0 Å². The molecule has 0 saturated carbocycles. The summed E-state index contributed by atoms with van der Waals surface area (Å²) in [7, 11) is 0. The lowest BCUT2D eigenvalue weighted by Crippen LogP contribution is -2.32. The summed E-state index contributed by atoms with van der Waals surface area (Å²) in [4.78, 5) is 14.9. The van der Waals surface area contributed by atoms with Crippen molar-refractivity contribution in [2.45, 2.75) is 13.1 Å². The molecule has 0 unspecified atom stereocenters. The van der Waals surface area contributed by atoms with Crippen LogP contribution in [0, 0.1) is 0 Å². The number of rotatable bonds is 8. The fourth-order valence-electron chi connectivity index (χ4n) is 3.18. The average molecular weight is 415 g/mol. The molecule has 1 N–H and O–H groups in total. The van der Waals surface area contributed by atoms with Crippen molar-refractivity contribution < 1.29 is 4.79 Å². The van der Waals surface area contributed by atoms with Gasteiger partial charge in [0.2, 0.25) is 11.0 Å². The highest BCUT2D eigenvalue weighted by Crippen LogP contribution is 2.25. The maximum Gasteiger partial charge on any atom is 0.240 e. The zero-order valence-electron chi connectivity index (χ0n) is 16.4. The fourth-order valence-corrected chi connectivity index (χ4v) is 3.95. The SMILES string of the molecule is O=C(CN(Cc1ccccc1)Cc1ccccc1)Nc1nnc(-c2ccccc2)s1. The third-order valence-electron chi connectivity index (χ3n) is 4.56. The second kappa shape index (κ2) is 9.91. The Balaban J connectivity index is 1.42. The van der Waals surface area contributed by atoms with Crippen molar-refractivity contribution in [2.24, 2.45) is 0 Å². The Morgan fingerprint density at radius 1 is 0.767 bits per heavy atom. The van der Waals surface area contributed by atoms with E-state index in [0.29, 0.717) is 18.2 Å². The topological polar surface area (TPSA) is 58.1 Å². The molecule has 0 fully saturated rings. The van der Waals surface area contributed by atoms with Gasteiger partial charge >= 0.3 is 0 Å². The van der Waals surface area contributed by atoms with Crippen LogP contribution < -0.4 is 5.32 Å². The number of benzene rings is 3. The molecule has 5 nitrogen and oxygen atoms in total. The minimum atomic E-state index is -0.0994. The van der Waals surface area contributed by atoms with Gasteiger partial charge in [0.25, 0.3) is 0 Å². The number of nitrogens with zero attached hydrogens (tertiary/aromatic N) is 3.